The standard InChI is InChI=1S/C9H10NO4P.C5H10O2/c1-7(9(11)12)10-15(13)14-8-5-3-2-4-6-8;1-4(2)3-5(6)7/h2-7H,1H3,(H,11,12);4H,3H2,1-2H3,(H,6,7)/t7-;/m0./s1/i7D;. The molecule has 1 aromatic carbocycles. The molecule has 0 bridgehead atoms. The molecule has 0 saturated carbocycles. The van der Waals surface area contributed by atoms with Crippen molar-refractivity contribution < 1.29 is 30.6 Å². The molecule has 7 nitrogen and oxygen atoms in total. The van der Waals surface area contributed by atoms with Crippen molar-refractivity contribution in [2.75, 3.05) is 0 Å². The van der Waals surface area contributed by atoms with Gasteiger partial charge in [-0.3, -0.25) is 9.32 Å². The monoisotopic (exact) mass is 330 g/mol. The van der Waals surface area contributed by atoms with E-state index in [1.54, 1.807) is 30.3 Å². The first kappa shape index (κ1) is 18.1. The third kappa shape index (κ3) is 10.8. The summed E-state index contributed by atoms with van der Waals surface area (Å²) in [5.41, 5.74) is 0. The number of para-hydroxylation sites is 1. The van der Waals surface area contributed by atoms with E-state index in [1.807, 2.05) is 13.8 Å². The second kappa shape index (κ2) is 10.7. The predicted molar refractivity (Wildman–Crippen MR) is 80.6 cm³/mol. The number of aliphatic carboxylic acids is 2. The maximum Gasteiger partial charge on any atom is 0.395 e. The summed E-state index contributed by atoms with van der Waals surface area (Å²) in [6, 6.07) is 6.06. The molecule has 1 rings (SSSR count). The predicted octanol–water partition coefficient (Wildman–Crippen LogP) is 2.51. The molecule has 0 aliphatic carbocycles. The van der Waals surface area contributed by atoms with E-state index < -0.39 is 26.1 Å². The van der Waals surface area contributed by atoms with Crippen LogP contribution in [-0.2, 0) is 9.59 Å². The lowest BCUT2D eigenvalue weighted by Gasteiger charge is -1.99. The molecule has 0 heterocycles. The first-order chi connectivity index (χ1) is 10.5. The Kier molecular flexibility index (Phi) is 8.79. The molecule has 0 aliphatic rings. The Hall–Kier alpha value is -1.98. The van der Waals surface area contributed by atoms with Crippen LogP contribution in [-0.4, -0.2) is 28.2 Å². The zero-order chi connectivity index (χ0) is 18.0. The number of nitrogens with zero attached hydrogens (tertiary/aromatic N) is 1. The van der Waals surface area contributed by atoms with Crippen molar-refractivity contribution in [3.8, 4) is 5.75 Å². The Balaban J connectivity index is 0.000000585. The fraction of sp³-hybridized carbons (Fsp3) is 0.429. The van der Waals surface area contributed by atoms with Gasteiger partial charge in [-0.15, -0.1) is 0 Å². The molecule has 0 aromatic heterocycles. The molecule has 0 saturated heterocycles. The minimum Gasteiger partial charge on any atom is -0.575 e. The highest BCUT2D eigenvalue weighted by atomic mass is 31.1. The second-order valence-corrected chi connectivity index (χ2v) is 5.48. The van der Waals surface area contributed by atoms with Gasteiger partial charge in [-0.25, -0.2) is 4.79 Å². The van der Waals surface area contributed by atoms with Crippen molar-refractivity contribution in [1.29, 1.82) is 0 Å². The maximum atomic E-state index is 11.3. The van der Waals surface area contributed by atoms with Crippen LogP contribution in [0.4, 0.5) is 0 Å². The SMILES string of the molecule is CC(C)CC(=O)O.[2H][C@@](C)(N=[P+]([O-])Oc1ccccc1)C(=O)O. The molecule has 0 amide bonds. The Morgan fingerprint density at radius 1 is 1.32 bits per heavy atom. The fourth-order valence-electron chi connectivity index (χ4n) is 1.11. The van der Waals surface area contributed by atoms with Crippen LogP contribution < -0.4 is 9.42 Å². The summed E-state index contributed by atoms with van der Waals surface area (Å²) in [6.07, 6.45) is 0.278. The molecular weight excluding hydrogens is 309 g/mol. The number of hydrogen-bond donors (Lipinski definition) is 2. The van der Waals surface area contributed by atoms with Crippen LogP contribution in [0.5, 0.6) is 5.75 Å². The number of hydrogen-bond acceptors (Lipinski definition) is 5. The summed E-state index contributed by atoms with van der Waals surface area (Å²) >= 11 is 0. The van der Waals surface area contributed by atoms with Crippen LogP contribution in [0.3, 0.4) is 0 Å². The largest absolute Gasteiger partial charge is 0.575 e. The van der Waals surface area contributed by atoms with E-state index in [1.165, 1.54) is 0 Å². The van der Waals surface area contributed by atoms with Crippen LogP contribution in [0.15, 0.2) is 35.1 Å². The average Bonchev–Trinajstić information content (AvgIpc) is 2.37. The lowest BCUT2D eigenvalue weighted by atomic mass is 10.1. The van der Waals surface area contributed by atoms with Gasteiger partial charge in [-0.2, -0.15) is 0 Å². The summed E-state index contributed by atoms with van der Waals surface area (Å²) in [5, 5.41) is 16.7. The third-order valence-corrected chi connectivity index (χ3v) is 2.88. The number of rotatable bonds is 6. The van der Waals surface area contributed by atoms with Crippen LogP contribution in [0.2, 0.25) is 0 Å². The van der Waals surface area contributed by atoms with Crippen molar-refractivity contribution in [3.05, 3.63) is 30.3 Å². The van der Waals surface area contributed by atoms with Crippen LogP contribution in [0, 0.1) is 5.92 Å². The number of carboxylic acids is 2. The molecule has 0 fully saturated rings. The Labute approximate surface area is 131 Å². The normalized spacial score (nSPS) is 14.2. The van der Waals surface area contributed by atoms with Crippen LogP contribution >= 0.6 is 8.17 Å². The van der Waals surface area contributed by atoms with E-state index in [0.717, 1.165) is 6.92 Å². The lowest BCUT2D eigenvalue weighted by molar-refractivity contribution is -0.169. The molecule has 2 atom stereocenters. The van der Waals surface area contributed by atoms with Crippen molar-refractivity contribution in [2.24, 2.45) is 10.7 Å². The fourth-order valence-corrected chi connectivity index (χ4v) is 1.78. The molecule has 22 heavy (non-hydrogen) atoms. The number of carboxylic acid groups (broad SMARTS) is 2. The van der Waals surface area contributed by atoms with E-state index in [4.69, 9.17) is 16.1 Å². The highest BCUT2D eigenvalue weighted by Gasteiger charge is 2.14. The Morgan fingerprint density at radius 2 is 1.86 bits per heavy atom. The van der Waals surface area contributed by atoms with Gasteiger partial charge < -0.3 is 15.1 Å². The zero-order valence-electron chi connectivity index (χ0n) is 13.6. The zero-order valence-corrected chi connectivity index (χ0v) is 13.5. The summed E-state index contributed by atoms with van der Waals surface area (Å²) in [5.74, 6) is -1.60. The Bertz CT molecular complexity index is 547. The van der Waals surface area contributed by atoms with Crippen molar-refractivity contribution >= 4 is 20.1 Å². The van der Waals surface area contributed by atoms with E-state index >= 15 is 0 Å². The number of carbonyl (C=O) groups is 2. The van der Waals surface area contributed by atoms with E-state index in [2.05, 4.69) is 4.74 Å². The van der Waals surface area contributed by atoms with Gasteiger partial charge in [-0.05, 0) is 25.0 Å². The van der Waals surface area contributed by atoms with Gasteiger partial charge in [0.05, 0.1) is 1.37 Å². The van der Waals surface area contributed by atoms with Crippen molar-refractivity contribution in [2.45, 2.75) is 33.2 Å². The van der Waals surface area contributed by atoms with Gasteiger partial charge in [-0.1, -0.05) is 36.8 Å². The first-order valence-corrected chi connectivity index (χ1v) is 7.56. The molecule has 1 unspecified atom stereocenters. The molecule has 8 heteroatoms. The second-order valence-electron chi connectivity index (χ2n) is 4.62. The molecule has 1 aromatic rings. The summed E-state index contributed by atoms with van der Waals surface area (Å²) < 4.78 is 15.4. The van der Waals surface area contributed by atoms with E-state index in [0.29, 0.717) is 5.75 Å². The summed E-state index contributed by atoms with van der Waals surface area (Å²) in [4.78, 5) is 31.7. The lowest BCUT2D eigenvalue weighted by Crippen LogP contribution is -2.13. The topological polar surface area (TPSA) is 119 Å². The molecule has 2 N–H and O–H groups in total. The van der Waals surface area contributed by atoms with Crippen LogP contribution in [0.1, 0.15) is 28.6 Å². The highest BCUT2D eigenvalue weighted by molar-refractivity contribution is 7.34. The summed E-state index contributed by atoms with van der Waals surface area (Å²) in [7, 11) is -2.57. The smallest absolute Gasteiger partial charge is 0.395 e. The van der Waals surface area contributed by atoms with Gasteiger partial charge >= 0.3 is 20.1 Å². The summed E-state index contributed by atoms with van der Waals surface area (Å²) in [6.45, 7) is 4.79. The quantitative estimate of drug-likeness (QED) is 0.773. The van der Waals surface area contributed by atoms with Gasteiger partial charge in [0.15, 0.2) is 11.8 Å². The Morgan fingerprint density at radius 3 is 2.23 bits per heavy atom. The first-order valence-electron chi connectivity index (χ1n) is 6.93. The third-order valence-electron chi connectivity index (χ3n) is 2.05. The van der Waals surface area contributed by atoms with E-state index in [-0.39, 0.29) is 12.3 Å². The van der Waals surface area contributed by atoms with E-state index in [9.17, 15) is 14.5 Å². The molecule has 122 valence electrons. The number of benzene rings is 1. The molecule has 0 aliphatic heterocycles. The van der Waals surface area contributed by atoms with Gasteiger partial charge in [0.25, 0.3) is 0 Å². The van der Waals surface area contributed by atoms with Crippen molar-refractivity contribution in [1.82, 2.24) is 0 Å². The molecular formula is C14H20NO6P. The highest BCUT2D eigenvalue weighted by Crippen LogP contribution is 2.23. The van der Waals surface area contributed by atoms with Crippen molar-refractivity contribution in [3.63, 3.8) is 0 Å². The molecule has 0 spiro atoms. The van der Waals surface area contributed by atoms with Crippen LogP contribution in [0.25, 0.3) is 0 Å². The van der Waals surface area contributed by atoms with Gasteiger partial charge in [0.2, 0.25) is 0 Å². The van der Waals surface area contributed by atoms with Gasteiger partial charge in [0.1, 0.15) is 0 Å². The minimum atomic E-state index is -2.57. The molecule has 0 radical (unpaired) electrons. The minimum absolute atomic E-state index is 0.275. The average molecular weight is 330 g/mol. The maximum absolute atomic E-state index is 11.3. The van der Waals surface area contributed by atoms with Gasteiger partial charge in [0, 0.05) is 6.42 Å².